The van der Waals surface area contributed by atoms with Crippen molar-refractivity contribution in [1.29, 1.82) is 0 Å². The Morgan fingerprint density at radius 2 is 2.38 bits per heavy atom. The van der Waals surface area contributed by atoms with Gasteiger partial charge in [-0.2, -0.15) is 0 Å². The molecule has 0 aliphatic carbocycles. The lowest BCUT2D eigenvalue weighted by Crippen LogP contribution is -2.84. The number of aliphatic hydroxyl groups is 1. The second-order valence-electron chi connectivity index (χ2n) is 3.14. The van der Waals surface area contributed by atoms with Crippen molar-refractivity contribution >= 4 is 0 Å². The summed E-state index contributed by atoms with van der Waals surface area (Å²) in [6.07, 6.45) is 2.66. The number of rotatable bonds is 5. The Bertz CT molecular complexity index is 226. The molecule has 3 N–H and O–H groups in total. The van der Waals surface area contributed by atoms with E-state index in [1.54, 1.807) is 0 Å². The minimum absolute atomic E-state index is 0.269. The SMILES string of the molecule is C[C@@H]([NH2+]CCCO)c1ccccn1. The van der Waals surface area contributed by atoms with Crippen LogP contribution in [0.4, 0.5) is 0 Å². The van der Waals surface area contributed by atoms with Crippen molar-refractivity contribution in [2.24, 2.45) is 0 Å². The van der Waals surface area contributed by atoms with Gasteiger partial charge in [-0.3, -0.25) is 4.98 Å². The highest BCUT2D eigenvalue weighted by Gasteiger charge is 2.07. The molecule has 1 heterocycles. The van der Waals surface area contributed by atoms with Crippen molar-refractivity contribution in [3.8, 4) is 0 Å². The summed E-state index contributed by atoms with van der Waals surface area (Å²) in [6.45, 7) is 3.35. The van der Waals surface area contributed by atoms with Crippen LogP contribution in [0.2, 0.25) is 0 Å². The van der Waals surface area contributed by atoms with Gasteiger partial charge in [0.25, 0.3) is 0 Å². The number of hydrogen-bond acceptors (Lipinski definition) is 2. The van der Waals surface area contributed by atoms with Gasteiger partial charge < -0.3 is 10.4 Å². The van der Waals surface area contributed by atoms with Crippen molar-refractivity contribution in [3.05, 3.63) is 30.1 Å². The summed E-state index contributed by atoms with van der Waals surface area (Å²) >= 11 is 0. The number of aromatic nitrogens is 1. The Hall–Kier alpha value is -0.930. The molecule has 3 heteroatoms. The van der Waals surface area contributed by atoms with Gasteiger partial charge in [-0.05, 0) is 19.1 Å². The third-order valence-electron chi connectivity index (χ3n) is 2.04. The molecule has 3 nitrogen and oxygen atoms in total. The fourth-order valence-electron chi connectivity index (χ4n) is 1.23. The number of aliphatic hydroxyl groups excluding tert-OH is 1. The number of nitrogens with two attached hydrogens (primary N) is 1. The molecule has 0 saturated carbocycles. The summed E-state index contributed by atoms with van der Waals surface area (Å²) in [7, 11) is 0. The standard InChI is InChI=1S/C10H16N2O/c1-9(11-7-4-8-13)10-5-2-3-6-12-10/h2-3,5-6,9,11,13H,4,7-8H2,1H3/p+1/t9-/m1/s1. The maximum Gasteiger partial charge on any atom is 0.126 e. The molecule has 1 atom stereocenters. The molecule has 0 amide bonds. The van der Waals surface area contributed by atoms with Gasteiger partial charge in [-0.1, -0.05) is 6.07 Å². The van der Waals surface area contributed by atoms with Crippen LogP contribution in [-0.4, -0.2) is 23.2 Å². The van der Waals surface area contributed by atoms with Gasteiger partial charge in [0.15, 0.2) is 0 Å². The summed E-state index contributed by atoms with van der Waals surface area (Å²) in [5, 5.41) is 10.8. The Morgan fingerprint density at radius 3 is 3.00 bits per heavy atom. The monoisotopic (exact) mass is 181 g/mol. The van der Waals surface area contributed by atoms with E-state index in [4.69, 9.17) is 5.11 Å². The zero-order valence-electron chi connectivity index (χ0n) is 7.98. The zero-order valence-corrected chi connectivity index (χ0v) is 7.98. The van der Waals surface area contributed by atoms with E-state index in [1.165, 1.54) is 0 Å². The van der Waals surface area contributed by atoms with Crippen LogP contribution in [0.3, 0.4) is 0 Å². The summed E-state index contributed by atoms with van der Waals surface area (Å²) in [6, 6.07) is 6.33. The summed E-state index contributed by atoms with van der Waals surface area (Å²) in [5.74, 6) is 0. The molecular weight excluding hydrogens is 164 g/mol. The molecule has 0 fully saturated rings. The lowest BCUT2D eigenvalue weighted by Gasteiger charge is -2.08. The number of hydrogen-bond donors (Lipinski definition) is 2. The normalized spacial score (nSPS) is 12.8. The first-order chi connectivity index (χ1) is 6.34. The maximum atomic E-state index is 8.61. The molecule has 1 rings (SSSR count). The van der Waals surface area contributed by atoms with Crippen LogP contribution in [0.25, 0.3) is 0 Å². The van der Waals surface area contributed by atoms with E-state index in [0.717, 1.165) is 18.7 Å². The minimum Gasteiger partial charge on any atom is -0.396 e. The molecule has 0 aliphatic rings. The van der Waals surface area contributed by atoms with Crippen LogP contribution in [0.15, 0.2) is 24.4 Å². The summed E-state index contributed by atoms with van der Waals surface area (Å²) in [5.41, 5.74) is 1.10. The molecule has 0 unspecified atom stereocenters. The lowest BCUT2D eigenvalue weighted by molar-refractivity contribution is -0.693. The largest absolute Gasteiger partial charge is 0.396 e. The number of pyridine rings is 1. The highest BCUT2D eigenvalue weighted by atomic mass is 16.3. The van der Waals surface area contributed by atoms with Crippen molar-refractivity contribution in [2.75, 3.05) is 13.2 Å². The smallest absolute Gasteiger partial charge is 0.126 e. The maximum absolute atomic E-state index is 8.61. The third kappa shape index (κ3) is 3.53. The van der Waals surface area contributed by atoms with Crippen LogP contribution in [0.5, 0.6) is 0 Å². The van der Waals surface area contributed by atoms with Crippen molar-refractivity contribution in [1.82, 2.24) is 4.98 Å². The Morgan fingerprint density at radius 1 is 1.54 bits per heavy atom. The van der Waals surface area contributed by atoms with Crippen molar-refractivity contribution < 1.29 is 10.4 Å². The number of quaternary nitrogens is 1. The molecular formula is C10H17N2O+. The average molecular weight is 181 g/mol. The van der Waals surface area contributed by atoms with E-state index in [9.17, 15) is 0 Å². The van der Waals surface area contributed by atoms with E-state index in [-0.39, 0.29) is 6.61 Å². The Balaban J connectivity index is 2.35. The minimum atomic E-state index is 0.269. The predicted molar refractivity (Wildman–Crippen MR) is 51.1 cm³/mol. The van der Waals surface area contributed by atoms with Gasteiger partial charge in [0, 0.05) is 19.2 Å². The van der Waals surface area contributed by atoms with E-state index in [2.05, 4.69) is 17.2 Å². The first-order valence-electron chi connectivity index (χ1n) is 4.69. The van der Waals surface area contributed by atoms with E-state index < -0.39 is 0 Å². The second kappa shape index (κ2) is 5.67. The van der Waals surface area contributed by atoms with Crippen molar-refractivity contribution in [2.45, 2.75) is 19.4 Å². The molecule has 0 aliphatic heterocycles. The summed E-state index contributed by atoms with van der Waals surface area (Å²) in [4.78, 5) is 4.26. The molecule has 0 spiro atoms. The van der Waals surface area contributed by atoms with Crippen molar-refractivity contribution in [3.63, 3.8) is 0 Å². The molecule has 13 heavy (non-hydrogen) atoms. The average Bonchev–Trinajstić information content (AvgIpc) is 2.19. The van der Waals surface area contributed by atoms with Gasteiger partial charge in [0.2, 0.25) is 0 Å². The summed E-state index contributed by atoms with van der Waals surface area (Å²) < 4.78 is 0. The fourth-order valence-corrected chi connectivity index (χ4v) is 1.23. The topological polar surface area (TPSA) is 49.7 Å². The van der Waals surface area contributed by atoms with E-state index >= 15 is 0 Å². The van der Waals surface area contributed by atoms with E-state index in [0.29, 0.717) is 6.04 Å². The van der Waals surface area contributed by atoms with Crippen LogP contribution in [-0.2, 0) is 0 Å². The molecule has 1 aromatic rings. The first-order valence-corrected chi connectivity index (χ1v) is 4.69. The van der Waals surface area contributed by atoms with Crippen LogP contribution in [0, 0.1) is 0 Å². The first kappa shape index (κ1) is 10.2. The second-order valence-corrected chi connectivity index (χ2v) is 3.14. The van der Waals surface area contributed by atoms with Gasteiger partial charge >= 0.3 is 0 Å². The third-order valence-corrected chi connectivity index (χ3v) is 2.04. The molecule has 0 bridgehead atoms. The van der Waals surface area contributed by atoms with Gasteiger partial charge in [-0.15, -0.1) is 0 Å². The highest BCUT2D eigenvalue weighted by molar-refractivity contribution is 5.05. The van der Waals surface area contributed by atoms with Gasteiger partial charge in [-0.25, -0.2) is 0 Å². The molecule has 72 valence electrons. The van der Waals surface area contributed by atoms with Crippen LogP contribution < -0.4 is 5.32 Å². The zero-order chi connectivity index (χ0) is 9.52. The van der Waals surface area contributed by atoms with Gasteiger partial charge in [0.05, 0.1) is 12.2 Å². The quantitative estimate of drug-likeness (QED) is 0.632. The molecule has 0 saturated heterocycles. The van der Waals surface area contributed by atoms with E-state index in [1.807, 2.05) is 24.4 Å². The highest BCUT2D eigenvalue weighted by Crippen LogP contribution is 2.01. The van der Waals surface area contributed by atoms with Gasteiger partial charge in [0.1, 0.15) is 6.04 Å². The number of nitrogens with zero attached hydrogens (tertiary/aromatic N) is 1. The Kier molecular flexibility index (Phi) is 4.43. The molecule has 0 radical (unpaired) electrons. The lowest BCUT2D eigenvalue weighted by atomic mass is 10.2. The van der Waals surface area contributed by atoms with Crippen LogP contribution in [0.1, 0.15) is 25.1 Å². The molecule has 0 aromatic carbocycles. The van der Waals surface area contributed by atoms with Crippen LogP contribution >= 0.6 is 0 Å². The molecule has 1 aromatic heterocycles. The predicted octanol–water partition coefficient (Wildman–Crippen LogP) is 0.0884. The fraction of sp³-hybridized carbons (Fsp3) is 0.500. The Labute approximate surface area is 78.8 Å².